The summed E-state index contributed by atoms with van der Waals surface area (Å²) in [4.78, 5) is 2.45. The third-order valence-corrected chi connectivity index (χ3v) is 11.2. The third-order valence-electron chi connectivity index (χ3n) is 11.2. The predicted octanol–water partition coefficient (Wildman–Crippen LogP) is 13.0. The molecule has 0 N–H and O–H groups in total. The van der Waals surface area contributed by atoms with Gasteiger partial charge in [-0.25, -0.2) is 0 Å². The number of anilines is 2. The molecule has 0 unspecified atom stereocenters. The number of nitrogens with zero attached hydrogens (tertiary/aromatic N) is 1. The quantitative estimate of drug-likeness (QED) is 0.172. The number of fused-ring (bicyclic) bond motifs is 7. The van der Waals surface area contributed by atoms with E-state index in [9.17, 15) is 0 Å². The molecular formula is C52H35NO2. The molecule has 1 aliphatic carbocycles. The molecular weight excluding hydrogens is 671 g/mol. The summed E-state index contributed by atoms with van der Waals surface area (Å²) in [7, 11) is 0. The van der Waals surface area contributed by atoms with Crippen molar-refractivity contribution < 1.29 is 8.83 Å². The fraction of sp³-hybridized carbons (Fsp3) is 0.0385. The minimum atomic E-state index is 0.909. The molecule has 3 nitrogen and oxygen atoms in total. The Morgan fingerprint density at radius 3 is 1.78 bits per heavy atom. The van der Waals surface area contributed by atoms with Crippen LogP contribution in [0.25, 0.3) is 89.0 Å². The highest BCUT2D eigenvalue weighted by molar-refractivity contribution is 6.10. The second kappa shape index (κ2) is 12.8. The number of hydrogen-bond donors (Lipinski definition) is 0. The van der Waals surface area contributed by atoms with Crippen molar-refractivity contribution in [1.82, 2.24) is 0 Å². The molecule has 8 aromatic carbocycles. The summed E-state index contributed by atoms with van der Waals surface area (Å²) < 4.78 is 12.6. The van der Waals surface area contributed by atoms with Gasteiger partial charge in [0.1, 0.15) is 22.3 Å². The average Bonchev–Trinajstić information content (AvgIpc) is 3.83. The molecule has 3 heteroatoms. The highest BCUT2D eigenvalue weighted by atomic mass is 16.3. The Morgan fingerprint density at radius 2 is 0.982 bits per heavy atom. The molecule has 0 fully saturated rings. The Kier molecular flexibility index (Phi) is 7.31. The van der Waals surface area contributed by atoms with Crippen LogP contribution in [0, 0.1) is 0 Å². The van der Waals surface area contributed by atoms with Crippen molar-refractivity contribution in [3.8, 4) is 33.4 Å². The van der Waals surface area contributed by atoms with Crippen LogP contribution in [0.5, 0.6) is 0 Å². The van der Waals surface area contributed by atoms with Crippen LogP contribution in [0.2, 0.25) is 0 Å². The third kappa shape index (κ3) is 5.27. The van der Waals surface area contributed by atoms with E-state index >= 15 is 0 Å². The number of hydrogen-bond acceptors (Lipinski definition) is 3. The molecule has 2 heterocycles. The maximum Gasteiger partial charge on any atom is 0.143 e. The summed E-state index contributed by atoms with van der Waals surface area (Å²) in [5.74, 6) is 0. The van der Waals surface area contributed by atoms with Gasteiger partial charge in [0.25, 0.3) is 0 Å². The zero-order valence-electron chi connectivity index (χ0n) is 30.1. The van der Waals surface area contributed by atoms with Gasteiger partial charge in [-0.2, -0.15) is 0 Å². The van der Waals surface area contributed by atoms with E-state index in [1.54, 1.807) is 0 Å². The molecule has 0 aliphatic heterocycles. The van der Waals surface area contributed by atoms with Gasteiger partial charge in [0.15, 0.2) is 0 Å². The van der Waals surface area contributed by atoms with Gasteiger partial charge in [0.2, 0.25) is 0 Å². The van der Waals surface area contributed by atoms with Gasteiger partial charge in [-0.15, -0.1) is 0 Å². The molecule has 0 atom stereocenters. The van der Waals surface area contributed by atoms with Crippen LogP contribution in [0.1, 0.15) is 12.8 Å². The summed E-state index contributed by atoms with van der Waals surface area (Å²) in [6, 6.07) is 65.0. The van der Waals surface area contributed by atoms with Crippen molar-refractivity contribution in [3.05, 3.63) is 192 Å². The molecule has 260 valence electrons. The van der Waals surface area contributed by atoms with Crippen LogP contribution in [0.4, 0.5) is 11.4 Å². The van der Waals surface area contributed by atoms with E-state index in [0.29, 0.717) is 0 Å². The molecule has 0 radical (unpaired) electrons. The molecule has 0 spiro atoms. The molecule has 0 saturated heterocycles. The Morgan fingerprint density at radius 1 is 0.400 bits per heavy atom. The zero-order chi connectivity index (χ0) is 36.3. The van der Waals surface area contributed by atoms with Gasteiger partial charge >= 0.3 is 0 Å². The lowest BCUT2D eigenvalue weighted by Crippen LogP contribution is -2.34. The maximum atomic E-state index is 6.48. The highest BCUT2D eigenvalue weighted by Crippen LogP contribution is 2.41. The van der Waals surface area contributed by atoms with Crippen LogP contribution in [0.3, 0.4) is 0 Å². The zero-order valence-corrected chi connectivity index (χ0v) is 30.1. The molecule has 10 aromatic rings. The van der Waals surface area contributed by atoms with Crippen LogP contribution in [-0.4, -0.2) is 0 Å². The fourth-order valence-corrected chi connectivity index (χ4v) is 8.56. The van der Waals surface area contributed by atoms with E-state index in [0.717, 1.165) is 84.8 Å². The summed E-state index contributed by atoms with van der Waals surface area (Å²) in [5, 5.41) is 7.13. The first-order chi connectivity index (χ1) is 27.3. The largest absolute Gasteiger partial charge is 0.456 e. The van der Waals surface area contributed by atoms with E-state index in [1.807, 2.05) is 24.3 Å². The van der Waals surface area contributed by atoms with Gasteiger partial charge in [-0.1, -0.05) is 140 Å². The number of furan rings is 2. The molecule has 2 aromatic heterocycles. The normalized spacial score (nSPS) is 12.7. The summed E-state index contributed by atoms with van der Waals surface area (Å²) in [6.07, 6.45) is 4.31. The van der Waals surface area contributed by atoms with Crippen molar-refractivity contribution in [1.29, 1.82) is 0 Å². The first-order valence-electron chi connectivity index (χ1n) is 19.0. The summed E-state index contributed by atoms with van der Waals surface area (Å²) in [6.45, 7) is 0. The number of benzene rings is 8. The lowest BCUT2D eigenvalue weighted by atomic mass is 9.93. The number of para-hydroxylation sites is 3. The first kappa shape index (κ1) is 31.4. The minimum Gasteiger partial charge on any atom is -0.456 e. The van der Waals surface area contributed by atoms with Gasteiger partial charge in [0, 0.05) is 49.4 Å². The van der Waals surface area contributed by atoms with E-state index < -0.39 is 0 Å². The Balaban J connectivity index is 1.01. The molecule has 0 bridgehead atoms. The monoisotopic (exact) mass is 705 g/mol. The maximum absolute atomic E-state index is 6.48. The second-order valence-corrected chi connectivity index (χ2v) is 14.3. The first-order valence-corrected chi connectivity index (χ1v) is 19.0. The molecule has 1 aliphatic rings. The van der Waals surface area contributed by atoms with E-state index in [2.05, 4.69) is 169 Å². The Hall–Kier alpha value is -7.10. The predicted molar refractivity (Wildman–Crippen MR) is 229 cm³/mol. The van der Waals surface area contributed by atoms with Crippen molar-refractivity contribution in [2.75, 3.05) is 4.90 Å². The standard InChI is InChI=1S/C52H35NO2/c1-2-14-41-35(11-1)12-9-20-48(41)53(38-28-23-34(24-29-38)37-27-32-51-47(33-37)44-17-6-7-21-49(44)54-51)39-30-25-36(26-31-39)40-13-3-4-15-42(40)45-18-10-19-46-43-16-5-8-22-50(43)55-52(45)46/h1-8,10-19,21-33H,9,20H2. The van der Waals surface area contributed by atoms with Crippen molar-refractivity contribution >= 4 is 67.0 Å². The van der Waals surface area contributed by atoms with E-state index in [-0.39, 0.29) is 0 Å². The van der Waals surface area contributed by atoms with Crippen LogP contribution in [0.15, 0.2) is 191 Å². The summed E-state index contributed by atoms with van der Waals surface area (Å²) >= 11 is 0. The number of rotatable bonds is 6. The average molecular weight is 706 g/mol. The second-order valence-electron chi connectivity index (χ2n) is 14.3. The van der Waals surface area contributed by atoms with Gasteiger partial charge < -0.3 is 13.7 Å². The molecule has 11 rings (SSSR count). The van der Waals surface area contributed by atoms with E-state index in [4.69, 9.17) is 8.83 Å². The van der Waals surface area contributed by atoms with Gasteiger partial charge in [-0.3, -0.25) is 0 Å². The van der Waals surface area contributed by atoms with Crippen LogP contribution >= 0.6 is 0 Å². The van der Waals surface area contributed by atoms with Crippen LogP contribution in [-0.2, 0) is 0 Å². The van der Waals surface area contributed by atoms with E-state index in [1.165, 1.54) is 32.8 Å². The van der Waals surface area contributed by atoms with Crippen molar-refractivity contribution in [2.24, 2.45) is 0 Å². The minimum absolute atomic E-state index is 0.909. The lowest BCUT2D eigenvalue weighted by molar-refractivity contribution is 0.669. The van der Waals surface area contributed by atoms with Gasteiger partial charge in [-0.05, 0) is 94.4 Å². The van der Waals surface area contributed by atoms with Gasteiger partial charge in [0.05, 0.1) is 0 Å². The lowest BCUT2D eigenvalue weighted by Gasteiger charge is -2.30. The smallest absolute Gasteiger partial charge is 0.143 e. The fourth-order valence-electron chi connectivity index (χ4n) is 8.56. The molecule has 55 heavy (non-hydrogen) atoms. The van der Waals surface area contributed by atoms with Crippen LogP contribution < -0.4 is 15.3 Å². The molecule has 0 amide bonds. The van der Waals surface area contributed by atoms with Crippen molar-refractivity contribution in [3.63, 3.8) is 0 Å². The molecule has 0 saturated carbocycles. The highest BCUT2D eigenvalue weighted by Gasteiger charge is 2.20. The Bertz CT molecular complexity index is 3200. The topological polar surface area (TPSA) is 29.5 Å². The summed E-state index contributed by atoms with van der Waals surface area (Å²) in [5.41, 5.74) is 14.2. The SMILES string of the molecule is C1=c2ccccc2=C(N(c2ccc(-c3ccc4oc5ccccc5c4c3)cc2)c2ccc(-c3ccccc3-c3cccc4c3oc3ccccc34)cc2)CC1. The van der Waals surface area contributed by atoms with Crippen molar-refractivity contribution in [2.45, 2.75) is 12.8 Å². The Labute approximate surface area is 318 Å².